The summed E-state index contributed by atoms with van der Waals surface area (Å²) in [6.45, 7) is 8.01. The lowest BCUT2D eigenvalue weighted by Crippen LogP contribution is -2.45. The maximum Gasteiger partial charge on any atom is 0.256 e. The van der Waals surface area contributed by atoms with Gasteiger partial charge in [0.2, 0.25) is 5.95 Å². The van der Waals surface area contributed by atoms with Gasteiger partial charge in [-0.25, -0.2) is 14.6 Å². The molecule has 3 aliphatic rings. The second-order valence-corrected chi connectivity index (χ2v) is 12.4. The number of nitrogens with one attached hydrogen (secondary N) is 1. The molecule has 4 aromatic rings. The van der Waals surface area contributed by atoms with Gasteiger partial charge in [-0.3, -0.25) is 9.58 Å². The van der Waals surface area contributed by atoms with Crippen molar-refractivity contribution in [2.24, 2.45) is 5.92 Å². The number of rotatable bonds is 12. The summed E-state index contributed by atoms with van der Waals surface area (Å²) < 4.78 is 26.8. The van der Waals surface area contributed by atoms with Gasteiger partial charge in [0.25, 0.3) is 5.88 Å². The summed E-state index contributed by atoms with van der Waals surface area (Å²) >= 11 is 0. The van der Waals surface area contributed by atoms with Gasteiger partial charge in [0.15, 0.2) is 0 Å². The molecule has 15 heteroatoms. The summed E-state index contributed by atoms with van der Waals surface area (Å²) in [5.41, 5.74) is 2.78. The fraction of sp³-hybridized carbons (Fsp3) is 0.531. The largest absolute Gasteiger partial charge is 0.487 e. The molecule has 0 bridgehead atoms. The third-order valence-corrected chi connectivity index (χ3v) is 8.96. The number of nitrogens with zero attached hydrogens (tertiary/aromatic N) is 10. The molecule has 1 atom stereocenters. The number of hydrogen-bond acceptors (Lipinski definition) is 13. The van der Waals surface area contributed by atoms with Gasteiger partial charge in [-0.2, -0.15) is 5.26 Å². The molecule has 1 aromatic carbocycles. The summed E-state index contributed by atoms with van der Waals surface area (Å²) in [6, 6.07) is 8.55. The van der Waals surface area contributed by atoms with Crippen LogP contribution < -0.4 is 14.8 Å². The van der Waals surface area contributed by atoms with Crippen LogP contribution in [0.1, 0.15) is 44.2 Å². The number of tetrazole rings is 1. The maximum absolute atomic E-state index is 9.66. The van der Waals surface area contributed by atoms with Crippen LogP contribution in [0.5, 0.6) is 11.6 Å². The Morgan fingerprint density at radius 1 is 1.04 bits per heavy atom. The lowest BCUT2D eigenvalue weighted by atomic mass is 9.90. The predicted octanol–water partition coefficient (Wildman–Crippen LogP) is 3.25. The normalized spacial score (nSPS) is 21.0. The van der Waals surface area contributed by atoms with Gasteiger partial charge in [0, 0.05) is 43.0 Å². The monoisotopic (exact) mass is 641 g/mol. The first-order valence-electron chi connectivity index (χ1n) is 16.2. The first-order valence-corrected chi connectivity index (χ1v) is 16.2. The van der Waals surface area contributed by atoms with Crippen LogP contribution in [0.4, 0.5) is 11.6 Å². The highest BCUT2D eigenvalue weighted by atomic mass is 16.5. The summed E-state index contributed by atoms with van der Waals surface area (Å²) in [6.07, 6.45) is 11.2. The van der Waals surface area contributed by atoms with Crippen LogP contribution in [-0.4, -0.2) is 103 Å². The van der Waals surface area contributed by atoms with Crippen LogP contribution >= 0.6 is 0 Å². The Balaban J connectivity index is 1.03. The van der Waals surface area contributed by atoms with Crippen molar-refractivity contribution in [1.29, 1.82) is 5.26 Å². The number of aromatic nitrogens is 8. The van der Waals surface area contributed by atoms with Gasteiger partial charge in [-0.15, -0.1) is 10.2 Å². The Morgan fingerprint density at radius 2 is 1.83 bits per heavy atom. The number of morpholine rings is 1. The zero-order valence-electron chi connectivity index (χ0n) is 26.4. The van der Waals surface area contributed by atoms with Gasteiger partial charge in [-0.1, -0.05) is 6.07 Å². The Labute approximate surface area is 272 Å². The van der Waals surface area contributed by atoms with Crippen LogP contribution in [0.2, 0.25) is 0 Å². The molecule has 2 aliphatic heterocycles. The van der Waals surface area contributed by atoms with Gasteiger partial charge in [0.05, 0.1) is 57.4 Å². The summed E-state index contributed by atoms with van der Waals surface area (Å²) in [5, 5.41) is 29.1. The molecule has 5 heterocycles. The molecule has 3 fully saturated rings. The molecule has 15 nitrogen and oxygen atoms in total. The van der Waals surface area contributed by atoms with E-state index in [-0.39, 0.29) is 6.10 Å². The lowest BCUT2D eigenvalue weighted by molar-refractivity contribution is -0.0514. The van der Waals surface area contributed by atoms with Crippen LogP contribution in [0.15, 0.2) is 43.1 Å². The van der Waals surface area contributed by atoms with E-state index in [1.807, 2.05) is 25.3 Å². The van der Waals surface area contributed by atoms with Crippen molar-refractivity contribution >= 4 is 11.6 Å². The molecule has 3 aromatic heterocycles. The molecule has 2 saturated heterocycles. The summed E-state index contributed by atoms with van der Waals surface area (Å²) in [7, 11) is 0. The topological polar surface area (TPSA) is 163 Å². The van der Waals surface area contributed by atoms with Crippen molar-refractivity contribution in [1.82, 2.24) is 44.9 Å². The minimum atomic E-state index is -0.266. The van der Waals surface area contributed by atoms with Crippen LogP contribution in [0, 0.1) is 17.2 Å². The Kier molecular flexibility index (Phi) is 9.50. The smallest absolute Gasteiger partial charge is 0.256 e. The van der Waals surface area contributed by atoms with E-state index in [1.165, 1.54) is 6.33 Å². The number of anilines is 2. The van der Waals surface area contributed by atoms with Gasteiger partial charge < -0.3 is 24.3 Å². The molecule has 1 unspecified atom stereocenters. The van der Waals surface area contributed by atoms with Crippen molar-refractivity contribution in [2.75, 3.05) is 51.4 Å². The molecular formula is C32H39N11O4. The molecule has 0 radical (unpaired) electrons. The van der Waals surface area contributed by atoms with Crippen molar-refractivity contribution < 1.29 is 18.9 Å². The SMILES string of the molecule is CC(Cn1cnnn1)Oc1cc(-c2cnc(Nc3cn(C4CCC(N5CCOCC5)CC4)nc3OCC3COC3)nc2)ccc1C#N. The first-order chi connectivity index (χ1) is 23.1. The molecular weight excluding hydrogens is 602 g/mol. The third-order valence-electron chi connectivity index (χ3n) is 8.96. The fourth-order valence-electron chi connectivity index (χ4n) is 6.30. The Hall–Kier alpha value is -4.65. The molecule has 246 valence electrons. The van der Waals surface area contributed by atoms with E-state index in [9.17, 15) is 5.26 Å². The quantitative estimate of drug-likeness (QED) is 0.240. The number of ether oxygens (including phenoxy) is 4. The molecule has 7 rings (SSSR count). The van der Waals surface area contributed by atoms with Gasteiger partial charge >= 0.3 is 0 Å². The van der Waals surface area contributed by atoms with Crippen molar-refractivity contribution in [3.8, 4) is 28.8 Å². The minimum Gasteiger partial charge on any atom is -0.487 e. The number of nitriles is 1. The van der Waals surface area contributed by atoms with Crippen LogP contribution in [0.25, 0.3) is 11.1 Å². The Bertz CT molecular complexity index is 1640. The zero-order chi connectivity index (χ0) is 32.0. The average molecular weight is 642 g/mol. The highest BCUT2D eigenvalue weighted by Gasteiger charge is 2.29. The molecule has 0 spiro atoms. The van der Waals surface area contributed by atoms with E-state index in [0.717, 1.165) is 68.8 Å². The molecule has 1 N–H and O–H groups in total. The lowest BCUT2D eigenvalue weighted by Gasteiger charge is -2.38. The Morgan fingerprint density at radius 3 is 2.53 bits per heavy atom. The van der Waals surface area contributed by atoms with E-state index in [0.29, 0.717) is 67.5 Å². The second-order valence-electron chi connectivity index (χ2n) is 12.4. The average Bonchev–Trinajstić information content (AvgIpc) is 3.75. The third kappa shape index (κ3) is 7.51. The maximum atomic E-state index is 9.66. The van der Waals surface area contributed by atoms with Gasteiger partial charge in [0.1, 0.15) is 29.9 Å². The van der Waals surface area contributed by atoms with Crippen molar-refractivity contribution in [3.63, 3.8) is 0 Å². The van der Waals surface area contributed by atoms with Crippen LogP contribution in [-0.2, 0) is 16.0 Å². The second kappa shape index (κ2) is 14.4. The molecule has 0 amide bonds. The minimum absolute atomic E-state index is 0.266. The van der Waals surface area contributed by atoms with E-state index < -0.39 is 0 Å². The van der Waals surface area contributed by atoms with E-state index >= 15 is 0 Å². The zero-order valence-corrected chi connectivity index (χ0v) is 26.4. The highest BCUT2D eigenvalue weighted by Crippen LogP contribution is 2.35. The van der Waals surface area contributed by atoms with E-state index in [1.54, 1.807) is 23.1 Å². The van der Waals surface area contributed by atoms with Gasteiger partial charge in [-0.05, 0) is 60.7 Å². The number of hydrogen-bond donors (Lipinski definition) is 1. The predicted molar refractivity (Wildman–Crippen MR) is 169 cm³/mol. The van der Waals surface area contributed by atoms with E-state index in [4.69, 9.17) is 24.0 Å². The summed E-state index contributed by atoms with van der Waals surface area (Å²) in [4.78, 5) is 11.8. The van der Waals surface area contributed by atoms with Crippen molar-refractivity contribution in [2.45, 2.75) is 57.3 Å². The van der Waals surface area contributed by atoms with Crippen LogP contribution in [0.3, 0.4) is 0 Å². The standard InChI is InChI=1S/C32H39N11O4/c1-22(16-42-21-36-39-40-42)47-30-12-24(2-3-25(30)13-33)26-14-34-32(35-15-26)37-29-17-43(38-31(29)46-20-23-18-45-19-23)28-6-4-27(5-7-28)41-8-10-44-11-9-41/h2-3,12,14-15,17,21-23,27-28H,4-11,16,18-20H2,1H3,(H,34,35,37). The number of benzene rings is 1. The van der Waals surface area contributed by atoms with E-state index in [2.05, 4.69) is 46.5 Å². The highest BCUT2D eigenvalue weighted by molar-refractivity contribution is 5.67. The first kappa shape index (κ1) is 31.0. The van der Waals surface area contributed by atoms with Crippen molar-refractivity contribution in [3.05, 3.63) is 48.7 Å². The molecule has 47 heavy (non-hydrogen) atoms. The molecule has 1 saturated carbocycles. The molecule has 1 aliphatic carbocycles. The summed E-state index contributed by atoms with van der Waals surface area (Å²) in [5.74, 6) is 1.82. The fourth-order valence-corrected chi connectivity index (χ4v) is 6.30.